The molecule has 0 saturated heterocycles. The third-order valence-electron chi connectivity index (χ3n) is 1.54. The van der Waals surface area contributed by atoms with Crippen molar-refractivity contribution in [2.45, 2.75) is 4.90 Å². The van der Waals surface area contributed by atoms with Crippen molar-refractivity contribution in [1.29, 1.82) is 0 Å². The van der Waals surface area contributed by atoms with Crippen LogP contribution in [0.2, 0.25) is 0 Å². The molecule has 0 N–H and O–H groups in total. The molecule has 1 aromatic carbocycles. The van der Waals surface area contributed by atoms with Crippen molar-refractivity contribution in [3.63, 3.8) is 0 Å². The second-order valence-electron chi connectivity index (χ2n) is 2.71. The molecule has 1 aromatic rings. The van der Waals surface area contributed by atoms with Crippen LogP contribution in [0, 0.1) is 18.2 Å². The Hall–Kier alpha value is -0.440. The molecule has 0 radical (unpaired) electrons. The predicted molar refractivity (Wildman–Crippen MR) is 68.4 cm³/mol. The second-order valence-corrected chi connectivity index (χ2v) is 8.90. The van der Waals surface area contributed by atoms with E-state index in [1.807, 2.05) is 0 Å². The van der Waals surface area contributed by atoms with Crippen LogP contribution in [0.5, 0.6) is 0 Å². The Labute approximate surface area is 108 Å². The highest BCUT2D eigenvalue weighted by atomic mass is 32.9. The van der Waals surface area contributed by atoms with Crippen molar-refractivity contribution in [2.24, 2.45) is 0 Å². The molecule has 2 nitrogen and oxygen atoms in total. The Bertz CT molecular complexity index is 445. The van der Waals surface area contributed by atoms with E-state index in [4.69, 9.17) is 27.3 Å². The summed E-state index contributed by atoms with van der Waals surface area (Å²) in [4.78, 5) is 0.639. The van der Waals surface area contributed by atoms with Crippen molar-refractivity contribution in [3.8, 4) is 12.3 Å². The number of alkyl halides is 1. The van der Waals surface area contributed by atoms with E-state index in [9.17, 15) is 8.78 Å². The molecule has 1 unspecified atom stereocenters. The van der Waals surface area contributed by atoms with E-state index in [2.05, 4.69) is 5.92 Å². The van der Waals surface area contributed by atoms with Gasteiger partial charge in [-0.2, -0.15) is 0 Å². The van der Waals surface area contributed by atoms with Gasteiger partial charge in [-0.3, -0.25) is 4.52 Å². The fourth-order valence-electron chi connectivity index (χ4n) is 0.891. The van der Waals surface area contributed by atoms with E-state index in [0.29, 0.717) is 4.90 Å². The molecule has 0 aliphatic rings. The first-order valence-electron chi connectivity index (χ1n) is 4.43. The van der Waals surface area contributed by atoms with Gasteiger partial charge < -0.3 is 4.52 Å². The molecule has 0 bridgehead atoms. The fraction of sp³-hybridized carbons (Fsp3) is 0.200. The van der Waals surface area contributed by atoms with Crippen LogP contribution in [0.1, 0.15) is 0 Å². The van der Waals surface area contributed by atoms with Gasteiger partial charge in [0.2, 0.25) is 0 Å². The molecule has 0 saturated carbocycles. The van der Waals surface area contributed by atoms with Gasteiger partial charge in [0.1, 0.15) is 12.4 Å². The van der Waals surface area contributed by atoms with Gasteiger partial charge in [0.25, 0.3) is 5.69 Å². The van der Waals surface area contributed by atoms with E-state index in [1.54, 1.807) is 0 Å². The maximum absolute atomic E-state index is 12.7. The third-order valence-corrected chi connectivity index (χ3v) is 6.35. The highest BCUT2D eigenvalue weighted by Crippen LogP contribution is 2.63. The van der Waals surface area contributed by atoms with Crippen molar-refractivity contribution >= 4 is 28.9 Å². The number of hydrogen-bond donors (Lipinski definition) is 0. The third kappa shape index (κ3) is 5.15. The molecular formula is C10H9F2O2PS2. The number of benzene rings is 1. The summed E-state index contributed by atoms with van der Waals surface area (Å²) in [7, 11) is 0. The number of halogens is 2. The van der Waals surface area contributed by atoms with Crippen molar-refractivity contribution in [2.75, 3.05) is 13.5 Å². The maximum Gasteiger partial charge on any atom is 0.255 e. The van der Waals surface area contributed by atoms with Gasteiger partial charge in [0.05, 0.1) is 0 Å². The lowest BCUT2D eigenvalue weighted by Gasteiger charge is -2.18. The quantitative estimate of drug-likeness (QED) is 0.587. The van der Waals surface area contributed by atoms with Crippen molar-refractivity contribution in [3.05, 3.63) is 30.1 Å². The van der Waals surface area contributed by atoms with Gasteiger partial charge in [-0.1, -0.05) is 5.92 Å². The van der Waals surface area contributed by atoms with Gasteiger partial charge in [0, 0.05) is 4.90 Å². The average molecular weight is 294 g/mol. The lowest BCUT2D eigenvalue weighted by Crippen LogP contribution is -1.92. The van der Waals surface area contributed by atoms with Crippen LogP contribution in [0.4, 0.5) is 8.78 Å². The minimum atomic E-state index is -2.86. The van der Waals surface area contributed by atoms with Crippen molar-refractivity contribution < 1.29 is 17.8 Å². The van der Waals surface area contributed by atoms with Crippen LogP contribution in [0.15, 0.2) is 29.2 Å². The fourth-order valence-corrected chi connectivity index (χ4v) is 4.72. The molecule has 0 aromatic heterocycles. The summed E-state index contributed by atoms with van der Waals surface area (Å²) in [6.45, 7) is -1.10. The Balaban J connectivity index is 2.76. The summed E-state index contributed by atoms with van der Waals surface area (Å²) in [5, 5.41) is 0. The maximum atomic E-state index is 12.7. The first-order chi connectivity index (χ1) is 8.09. The Morgan fingerprint density at radius 1 is 1.35 bits per heavy atom. The van der Waals surface area contributed by atoms with E-state index < -0.39 is 12.6 Å². The second kappa shape index (κ2) is 7.10. The average Bonchev–Trinajstić information content (AvgIpc) is 2.30. The Kier molecular flexibility index (Phi) is 6.10. The Morgan fingerprint density at radius 2 is 2.00 bits per heavy atom. The molecule has 92 valence electrons. The summed E-state index contributed by atoms with van der Waals surface area (Å²) >= 11 is 6.13. The van der Waals surface area contributed by atoms with Crippen LogP contribution >= 0.6 is 17.1 Å². The molecule has 0 amide bonds. The van der Waals surface area contributed by atoms with Gasteiger partial charge in [-0.05, 0) is 47.5 Å². The van der Waals surface area contributed by atoms with Crippen LogP contribution in [0.3, 0.4) is 0 Å². The van der Waals surface area contributed by atoms with Gasteiger partial charge >= 0.3 is 0 Å². The summed E-state index contributed by atoms with van der Waals surface area (Å²) in [6, 6.07) is 5.58. The molecule has 1 atom stereocenters. The zero-order valence-corrected chi connectivity index (χ0v) is 11.2. The first-order valence-corrected chi connectivity index (χ1v) is 8.49. The minimum Gasteiger partial charge on any atom is -0.308 e. The molecule has 0 aliphatic carbocycles. The zero-order valence-electron chi connectivity index (χ0n) is 8.64. The first kappa shape index (κ1) is 14.6. The summed E-state index contributed by atoms with van der Waals surface area (Å²) in [6.07, 6.45) is 5.03. The van der Waals surface area contributed by atoms with Gasteiger partial charge in [-0.15, -0.1) is 6.42 Å². The molecule has 0 fully saturated rings. The van der Waals surface area contributed by atoms with E-state index in [0.717, 1.165) is 11.4 Å². The van der Waals surface area contributed by atoms with Gasteiger partial charge in [0.15, 0.2) is 6.86 Å². The predicted octanol–water partition coefficient (Wildman–Crippen LogP) is 3.74. The van der Waals surface area contributed by atoms with Gasteiger partial charge in [-0.25, -0.2) is 8.78 Å². The highest BCUT2D eigenvalue weighted by molar-refractivity contribution is 8.67. The highest BCUT2D eigenvalue weighted by Gasteiger charge is 2.21. The smallest absolute Gasteiger partial charge is 0.255 e. The molecule has 0 aliphatic heterocycles. The molecule has 17 heavy (non-hydrogen) atoms. The van der Waals surface area contributed by atoms with Crippen LogP contribution in [0.25, 0.3) is 0 Å². The Morgan fingerprint density at radius 3 is 2.53 bits per heavy atom. The van der Waals surface area contributed by atoms with E-state index in [-0.39, 0.29) is 12.4 Å². The largest absolute Gasteiger partial charge is 0.308 e. The zero-order chi connectivity index (χ0) is 12.7. The molecule has 1 rings (SSSR count). The number of terminal acetylenes is 1. The van der Waals surface area contributed by atoms with Crippen LogP contribution in [-0.2, 0) is 20.9 Å². The lowest BCUT2D eigenvalue weighted by molar-refractivity contribution is 0.185. The number of hydrogen-bond acceptors (Lipinski definition) is 4. The van der Waals surface area contributed by atoms with Crippen molar-refractivity contribution in [1.82, 2.24) is 0 Å². The summed E-state index contributed by atoms with van der Waals surface area (Å²) < 4.78 is 34.8. The van der Waals surface area contributed by atoms with Crippen LogP contribution in [-0.4, -0.2) is 13.5 Å². The molecule has 0 spiro atoms. The molecule has 0 heterocycles. The monoisotopic (exact) mass is 294 g/mol. The van der Waals surface area contributed by atoms with Crippen LogP contribution < -0.4 is 0 Å². The molecular weight excluding hydrogens is 285 g/mol. The standard InChI is InChI=1S/C10H9F2O2PS2/c1-2-7-13-15(16,14-8-11)17-10-5-3-9(12)4-6-10/h1,3-6H,7-8H2. The minimum absolute atomic E-state index is 0.0501. The number of rotatable bonds is 6. The summed E-state index contributed by atoms with van der Waals surface area (Å²) in [5.74, 6) is 1.88. The normalized spacial score (nSPS) is 13.9. The lowest BCUT2D eigenvalue weighted by atomic mass is 10.4. The molecule has 7 heteroatoms. The van der Waals surface area contributed by atoms with E-state index in [1.165, 1.54) is 24.3 Å². The summed E-state index contributed by atoms with van der Waals surface area (Å²) in [5.41, 5.74) is -2.86. The topological polar surface area (TPSA) is 18.5 Å². The SMILES string of the molecule is C#CCOP(=S)(OCF)Sc1ccc(F)cc1. The van der Waals surface area contributed by atoms with E-state index >= 15 is 0 Å².